The molecule has 0 aromatic carbocycles. The van der Waals surface area contributed by atoms with E-state index in [-0.39, 0.29) is 29.8 Å². The summed E-state index contributed by atoms with van der Waals surface area (Å²) >= 11 is 0. The molecule has 2 heterocycles. The van der Waals surface area contributed by atoms with E-state index in [0.29, 0.717) is 25.8 Å². The van der Waals surface area contributed by atoms with Crippen molar-refractivity contribution in [3.63, 3.8) is 0 Å². The molecule has 3 aliphatic rings. The standard InChI is InChI=1S/C16H26FN3O2/c1-18(2)7-8-19-14-5-6-20(13(14)3-4-15(19)21)16(22)11-9-12(17)10-11/h11-14H,3-10H2,1-2H3/t11?,12?,13-,14-/m1/s1. The molecule has 2 saturated heterocycles. The third kappa shape index (κ3) is 2.85. The lowest BCUT2D eigenvalue weighted by molar-refractivity contribution is -0.146. The van der Waals surface area contributed by atoms with Crippen molar-refractivity contribution in [3.05, 3.63) is 0 Å². The predicted molar refractivity (Wildman–Crippen MR) is 81.0 cm³/mol. The second-order valence-corrected chi connectivity index (χ2v) is 7.15. The third-order valence-corrected chi connectivity index (χ3v) is 5.39. The minimum absolute atomic E-state index is 0.114. The van der Waals surface area contributed by atoms with Crippen molar-refractivity contribution in [2.24, 2.45) is 5.92 Å². The predicted octanol–water partition coefficient (Wildman–Crippen LogP) is 0.888. The Kier molecular flexibility index (Phi) is 4.39. The first-order chi connectivity index (χ1) is 10.5. The molecule has 2 amide bonds. The number of halogens is 1. The normalized spacial score (nSPS) is 34.8. The van der Waals surface area contributed by atoms with Crippen LogP contribution in [0.25, 0.3) is 0 Å². The van der Waals surface area contributed by atoms with E-state index in [1.165, 1.54) is 0 Å². The summed E-state index contributed by atoms with van der Waals surface area (Å²) in [7, 11) is 4.00. The van der Waals surface area contributed by atoms with Gasteiger partial charge in [-0.2, -0.15) is 0 Å². The smallest absolute Gasteiger partial charge is 0.226 e. The minimum atomic E-state index is -0.795. The zero-order valence-electron chi connectivity index (χ0n) is 13.5. The highest BCUT2D eigenvalue weighted by Gasteiger charge is 2.47. The van der Waals surface area contributed by atoms with Gasteiger partial charge in [0.15, 0.2) is 0 Å². The number of piperidine rings is 1. The topological polar surface area (TPSA) is 43.9 Å². The van der Waals surface area contributed by atoms with Gasteiger partial charge in [-0.25, -0.2) is 4.39 Å². The van der Waals surface area contributed by atoms with E-state index in [1.54, 1.807) is 0 Å². The van der Waals surface area contributed by atoms with Crippen LogP contribution < -0.4 is 0 Å². The van der Waals surface area contributed by atoms with Gasteiger partial charge in [-0.3, -0.25) is 9.59 Å². The van der Waals surface area contributed by atoms with E-state index in [2.05, 4.69) is 4.90 Å². The first kappa shape index (κ1) is 15.7. The average molecular weight is 311 g/mol. The number of rotatable bonds is 4. The van der Waals surface area contributed by atoms with Gasteiger partial charge in [0.25, 0.3) is 0 Å². The number of carbonyl (C=O) groups is 2. The van der Waals surface area contributed by atoms with Crippen LogP contribution in [-0.2, 0) is 9.59 Å². The fourth-order valence-electron chi connectivity index (χ4n) is 4.01. The van der Waals surface area contributed by atoms with Gasteiger partial charge >= 0.3 is 0 Å². The monoisotopic (exact) mass is 311 g/mol. The highest BCUT2D eigenvalue weighted by Crippen LogP contribution is 2.37. The number of carbonyl (C=O) groups excluding carboxylic acids is 2. The van der Waals surface area contributed by atoms with Gasteiger partial charge in [0.05, 0.1) is 12.1 Å². The highest BCUT2D eigenvalue weighted by molar-refractivity contribution is 5.82. The molecule has 22 heavy (non-hydrogen) atoms. The SMILES string of the molecule is CN(C)CCN1C(=O)CC[C@@H]2[C@H]1CCN2C(=O)C1CC(F)C1. The van der Waals surface area contributed by atoms with Crippen LogP contribution in [0.2, 0.25) is 0 Å². The summed E-state index contributed by atoms with van der Waals surface area (Å²) in [5, 5.41) is 0. The minimum Gasteiger partial charge on any atom is -0.337 e. The zero-order chi connectivity index (χ0) is 15.9. The number of alkyl halides is 1. The summed E-state index contributed by atoms with van der Waals surface area (Å²) < 4.78 is 13.0. The molecule has 1 saturated carbocycles. The summed E-state index contributed by atoms with van der Waals surface area (Å²) in [5.74, 6) is 0.203. The molecule has 0 aromatic heterocycles. The number of nitrogens with zero attached hydrogens (tertiary/aromatic N) is 3. The molecule has 0 unspecified atom stereocenters. The molecule has 0 aromatic rings. The zero-order valence-corrected chi connectivity index (χ0v) is 13.5. The van der Waals surface area contributed by atoms with Gasteiger partial charge in [-0.15, -0.1) is 0 Å². The number of hydrogen-bond donors (Lipinski definition) is 0. The summed E-state index contributed by atoms with van der Waals surface area (Å²) in [4.78, 5) is 30.7. The van der Waals surface area contributed by atoms with Crippen LogP contribution in [0, 0.1) is 5.92 Å². The fourth-order valence-corrected chi connectivity index (χ4v) is 4.01. The Morgan fingerprint density at radius 3 is 2.64 bits per heavy atom. The number of likely N-dealkylation sites (N-methyl/N-ethyl adjacent to an activating group) is 1. The van der Waals surface area contributed by atoms with Crippen LogP contribution in [0.5, 0.6) is 0 Å². The molecule has 0 bridgehead atoms. The second-order valence-electron chi connectivity index (χ2n) is 7.15. The van der Waals surface area contributed by atoms with Crippen LogP contribution >= 0.6 is 0 Å². The third-order valence-electron chi connectivity index (χ3n) is 5.39. The van der Waals surface area contributed by atoms with Gasteiger partial charge in [-0.05, 0) is 39.8 Å². The molecule has 5 nitrogen and oxygen atoms in total. The molecule has 2 aliphatic heterocycles. The first-order valence-corrected chi connectivity index (χ1v) is 8.36. The van der Waals surface area contributed by atoms with Gasteiger partial charge in [-0.1, -0.05) is 0 Å². The van der Waals surface area contributed by atoms with Gasteiger partial charge in [0.1, 0.15) is 6.17 Å². The van der Waals surface area contributed by atoms with Crippen molar-refractivity contribution < 1.29 is 14.0 Å². The van der Waals surface area contributed by atoms with Crippen LogP contribution in [0.4, 0.5) is 4.39 Å². The lowest BCUT2D eigenvalue weighted by Gasteiger charge is -2.41. The summed E-state index contributed by atoms with van der Waals surface area (Å²) in [6.45, 7) is 2.29. The molecule has 3 rings (SSSR count). The van der Waals surface area contributed by atoms with Crippen molar-refractivity contribution in [2.75, 3.05) is 33.7 Å². The maximum atomic E-state index is 13.0. The van der Waals surface area contributed by atoms with Crippen LogP contribution in [0.1, 0.15) is 32.1 Å². The summed E-state index contributed by atoms with van der Waals surface area (Å²) in [5.41, 5.74) is 0. The Labute approximate surface area is 131 Å². The van der Waals surface area contributed by atoms with E-state index >= 15 is 0 Å². The summed E-state index contributed by atoms with van der Waals surface area (Å²) in [6.07, 6.45) is 2.12. The van der Waals surface area contributed by atoms with Crippen molar-refractivity contribution in [1.82, 2.24) is 14.7 Å². The Bertz CT molecular complexity index is 451. The van der Waals surface area contributed by atoms with Crippen molar-refractivity contribution >= 4 is 11.8 Å². The van der Waals surface area contributed by atoms with E-state index in [9.17, 15) is 14.0 Å². The maximum Gasteiger partial charge on any atom is 0.226 e. The fraction of sp³-hybridized carbons (Fsp3) is 0.875. The van der Waals surface area contributed by atoms with Crippen LogP contribution in [0.15, 0.2) is 0 Å². The van der Waals surface area contributed by atoms with Crippen LogP contribution in [0.3, 0.4) is 0 Å². The molecule has 3 fully saturated rings. The molecule has 124 valence electrons. The number of fused-ring (bicyclic) bond motifs is 1. The Morgan fingerprint density at radius 1 is 1.27 bits per heavy atom. The van der Waals surface area contributed by atoms with Crippen molar-refractivity contribution in [1.29, 1.82) is 0 Å². The molecule has 0 N–H and O–H groups in total. The van der Waals surface area contributed by atoms with E-state index in [4.69, 9.17) is 0 Å². The largest absolute Gasteiger partial charge is 0.337 e. The van der Waals surface area contributed by atoms with Crippen molar-refractivity contribution in [2.45, 2.75) is 50.4 Å². The van der Waals surface area contributed by atoms with Gasteiger partial charge in [0.2, 0.25) is 11.8 Å². The van der Waals surface area contributed by atoms with Crippen LogP contribution in [-0.4, -0.2) is 78.5 Å². The molecular formula is C16H26FN3O2. The lowest BCUT2D eigenvalue weighted by atomic mass is 9.82. The Hall–Kier alpha value is -1.17. The molecule has 1 aliphatic carbocycles. The molecule has 0 radical (unpaired) electrons. The quantitative estimate of drug-likeness (QED) is 0.774. The number of hydrogen-bond acceptors (Lipinski definition) is 3. The molecule has 2 atom stereocenters. The summed E-state index contributed by atoms with van der Waals surface area (Å²) in [6, 6.07) is 0.303. The average Bonchev–Trinajstić information content (AvgIpc) is 2.86. The Morgan fingerprint density at radius 2 is 2.00 bits per heavy atom. The maximum absolute atomic E-state index is 13.0. The second kappa shape index (κ2) is 6.14. The molecular weight excluding hydrogens is 285 g/mol. The van der Waals surface area contributed by atoms with E-state index in [1.807, 2.05) is 23.9 Å². The van der Waals surface area contributed by atoms with E-state index in [0.717, 1.165) is 25.9 Å². The number of likely N-dealkylation sites (tertiary alicyclic amines) is 2. The van der Waals surface area contributed by atoms with Gasteiger partial charge < -0.3 is 14.7 Å². The highest BCUT2D eigenvalue weighted by atomic mass is 19.1. The first-order valence-electron chi connectivity index (χ1n) is 8.36. The molecule has 6 heteroatoms. The van der Waals surface area contributed by atoms with Crippen molar-refractivity contribution in [3.8, 4) is 0 Å². The van der Waals surface area contributed by atoms with E-state index < -0.39 is 6.17 Å². The Balaban J connectivity index is 1.64. The molecule has 0 spiro atoms. The van der Waals surface area contributed by atoms with Gasteiger partial charge in [0, 0.05) is 32.0 Å². The number of amides is 2. The lowest BCUT2D eigenvalue weighted by Crippen LogP contribution is -2.55.